The zero-order chi connectivity index (χ0) is 13.0. The van der Waals surface area contributed by atoms with E-state index in [0.717, 1.165) is 12.8 Å². The van der Waals surface area contributed by atoms with Crippen LogP contribution < -0.4 is 0 Å². The van der Waals surface area contributed by atoms with Gasteiger partial charge in [-0.05, 0) is 6.42 Å². The molecular formula is C11H20N2O4. The molecule has 0 radical (unpaired) electrons. The summed E-state index contributed by atoms with van der Waals surface area (Å²) in [7, 11) is 1.65. The van der Waals surface area contributed by atoms with Crippen LogP contribution in [-0.4, -0.2) is 64.3 Å². The van der Waals surface area contributed by atoms with Crippen molar-refractivity contribution < 1.29 is 19.8 Å². The summed E-state index contributed by atoms with van der Waals surface area (Å²) in [4.78, 5) is 25.7. The molecule has 1 unspecified atom stereocenters. The van der Waals surface area contributed by atoms with Crippen LogP contribution in [0.4, 0.5) is 4.79 Å². The van der Waals surface area contributed by atoms with E-state index in [2.05, 4.69) is 0 Å². The molecular weight excluding hydrogens is 224 g/mol. The third kappa shape index (κ3) is 3.33. The minimum absolute atomic E-state index is 0.103. The van der Waals surface area contributed by atoms with Crippen molar-refractivity contribution in [3.63, 3.8) is 0 Å². The molecule has 1 aliphatic heterocycles. The fraction of sp³-hybridized carbons (Fsp3) is 0.818. The summed E-state index contributed by atoms with van der Waals surface area (Å²) in [5, 5.41) is 18.4. The Morgan fingerprint density at radius 1 is 1.47 bits per heavy atom. The number of carbonyl (C=O) groups excluding carboxylic acids is 1. The van der Waals surface area contributed by atoms with Crippen LogP contribution in [-0.2, 0) is 4.79 Å². The van der Waals surface area contributed by atoms with E-state index in [1.165, 1.54) is 9.80 Å². The van der Waals surface area contributed by atoms with E-state index >= 15 is 0 Å². The molecule has 0 aromatic heterocycles. The van der Waals surface area contributed by atoms with E-state index in [-0.39, 0.29) is 19.0 Å². The Hall–Kier alpha value is -1.30. The lowest BCUT2D eigenvalue weighted by Crippen LogP contribution is -2.47. The summed E-state index contributed by atoms with van der Waals surface area (Å²) >= 11 is 0. The van der Waals surface area contributed by atoms with Gasteiger partial charge in [0.2, 0.25) is 0 Å². The van der Waals surface area contributed by atoms with E-state index in [1.807, 2.05) is 6.92 Å². The minimum Gasteiger partial charge on any atom is -0.480 e. The fourth-order valence-corrected chi connectivity index (χ4v) is 1.97. The Balaban J connectivity index is 2.63. The molecule has 2 amide bonds. The standard InChI is InChI=1S/C11H20N2O4/c1-3-4-5-12(2)11(17)13-7-8(14)6-9(13)10(15)16/h8-9,14H,3-7H2,1-2H3,(H,15,16)/t8?,9-/m0/s1. The number of aliphatic hydroxyl groups excluding tert-OH is 1. The maximum absolute atomic E-state index is 12.0. The fourth-order valence-electron chi connectivity index (χ4n) is 1.97. The van der Waals surface area contributed by atoms with Crippen LogP contribution in [0.15, 0.2) is 0 Å². The number of aliphatic hydroxyl groups is 1. The lowest BCUT2D eigenvalue weighted by Gasteiger charge is -2.27. The highest BCUT2D eigenvalue weighted by atomic mass is 16.4. The predicted molar refractivity (Wildman–Crippen MR) is 61.7 cm³/mol. The monoisotopic (exact) mass is 244 g/mol. The third-order valence-electron chi connectivity index (χ3n) is 2.98. The first-order valence-electron chi connectivity index (χ1n) is 5.90. The highest BCUT2D eigenvalue weighted by Gasteiger charge is 2.39. The molecule has 98 valence electrons. The number of rotatable bonds is 4. The Morgan fingerprint density at radius 3 is 2.65 bits per heavy atom. The molecule has 6 nitrogen and oxygen atoms in total. The summed E-state index contributed by atoms with van der Waals surface area (Å²) in [6.45, 7) is 2.73. The minimum atomic E-state index is -1.06. The molecule has 0 aromatic rings. The van der Waals surface area contributed by atoms with Crippen molar-refractivity contribution in [2.45, 2.75) is 38.3 Å². The van der Waals surface area contributed by atoms with E-state index in [9.17, 15) is 14.7 Å². The van der Waals surface area contributed by atoms with Gasteiger partial charge in [-0.3, -0.25) is 0 Å². The van der Waals surface area contributed by atoms with Gasteiger partial charge in [0, 0.05) is 26.6 Å². The Morgan fingerprint density at radius 2 is 2.12 bits per heavy atom. The number of aliphatic carboxylic acids is 1. The normalized spacial score (nSPS) is 23.8. The number of carboxylic acid groups (broad SMARTS) is 1. The topological polar surface area (TPSA) is 81.1 Å². The molecule has 2 atom stereocenters. The number of nitrogens with zero attached hydrogens (tertiary/aromatic N) is 2. The van der Waals surface area contributed by atoms with Gasteiger partial charge in [0.15, 0.2) is 0 Å². The van der Waals surface area contributed by atoms with Crippen LogP contribution in [0.2, 0.25) is 0 Å². The van der Waals surface area contributed by atoms with Crippen molar-refractivity contribution in [3.8, 4) is 0 Å². The van der Waals surface area contributed by atoms with Gasteiger partial charge in [-0.15, -0.1) is 0 Å². The Kier molecular flexibility index (Phi) is 4.74. The van der Waals surface area contributed by atoms with Gasteiger partial charge in [-0.2, -0.15) is 0 Å². The van der Waals surface area contributed by atoms with Gasteiger partial charge >= 0.3 is 12.0 Å². The zero-order valence-corrected chi connectivity index (χ0v) is 10.3. The van der Waals surface area contributed by atoms with E-state index in [0.29, 0.717) is 6.54 Å². The van der Waals surface area contributed by atoms with Gasteiger partial charge in [0.1, 0.15) is 6.04 Å². The van der Waals surface area contributed by atoms with Crippen molar-refractivity contribution in [2.24, 2.45) is 0 Å². The van der Waals surface area contributed by atoms with Gasteiger partial charge in [0.25, 0.3) is 0 Å². The number of urea groups is 1. The molecule has 1 aliphatic rings. The highest BCUT2D eigenvalue weighted by molar-refractivity contribution is 5.83. The average molecular weight is 244 g/mol. The van der Waals surface area contributed by atoms with Gasteiger partial charge in [-0.25, -0.2) is 9.59 Å². The quantitative estimate of drug-likeness (QED) is 0.748. The smallest absolute Gasteiger partial charge is 0.326 e. The molecule has 0 saturated carbocycles. The van der Waals surface area contributed by atoms with Gasteiger partial charge < -0.3 is 20.0 Å². The summed E-state index contributed by atoms with van der Waals surface area (Å²) in [5.41, 5.74) is 0. The molecule has 1 heterocycles. The number of likely N-dealkylation sites (tertiary alicyclic amines) is 1. The van der Waals surface area contributed by atoms with Crippen molar-refractivity contribution in [1.82, 2.24) is 9.80 Å². The number of hydrogen-bond acceptors (Lipinski definition) is 3. The molecule has 2 N–H and O–H groups in total. The molecule has 0 aromatic carbocycles. The third-order valence-corrected chi connectivity index (χ3v) is 2.98. The predicted octanol–water partition coefficient (Wildman–Crippen LogP) is 0.358. The second-order valence-corrected chi connectivity index (χ2v) is 4.45. The van der Waals surface area contributed by atoms with Crippen LogP contribution in [0.3, 0.4) is 0 Å². The van der Waals surface area contributed by atoms with E-state index in [4.69, 9.17) is 5.11 Å². The number of amides is 2. The second-order valence-electron chi connectivity index (χ2n) is 4.45. The van der Waals surface area contributed by atoms with Crippen molar-refractivity contribution in [1.29, 1.82) is 0 Å². The highest BCUT2D eigenvalue weighted by Crippen LogP contribution is 2.19. The maximum Gasteiger partial charge on any atom is 0.326 e. The maximum atomic E-state index is 12.0. The SMILES string of the molecule is CCCCN(C)C(=O)N1CC(O)C[C@H]1C(=O)O. The molecule has 1 rings (SSSR count). The van der Waals surface area contributed by atoms with Crippen molar-refractivity contribution in [2.75, 3.05) is 20.1 Å². The van der Waals surface area contributed by atoms with Gasteiger partial charge in [0.05, 0.1) is 6.10 Å². The number of hydrogen-bond donors (Lipinski definition) is 2. The first kappa shape index (κ1) is 13.8. The van der Waals surface area contributed by atoms with Crippen LogP contribution in [0, 0.1) is 0 Å². The average Bonchev–Trinajstić information content (AvgIpc) is 2.67. The van der Waals surface area contributed by atoms with E-state index < -0.39 is 18.1 Å². The number of carboxylic acids is 1. The van der Waals surface area contributed by atoms with Crippen molar-refractivity contribution >= 4 is 12.0 Å². The van der Waals surface area contributed by atoms with Crippen LogP contribution in [0.25, 0.3) is 0 Å². The van der Waals surface area contributed by atoms with E-state index in [1.54, 1.807) is 7.05 Å². The van der Waals surface area contributed by atoms with Gasteiger partial charge in [-0.1, -0.05) is 13.3 Å². The van der Waals surface area contributed by atoms with Crippen LogP contribution in [0.5, 0.6) is 0 Å². The summed E-state index contributed by atoms with van der Waals surface area (Å²) in [6.07, 6.45) is 1.24. The number of β-amino-alcohol motifs (C(OH)–C–C–N with tert-alkyl or cyclic N) is 1. The summed E-state index contributed by atoms with van der Waals surface area (Å²) in [6, 6.07) is -1.22. The number of carbonyl (C=O) groups is 2. The molecule has 1 saturated heterocycles. The molecule has 6 heteroatoms. The molecule has 1 fully saturated rings. The number of unbranched alkanes of at least 4 members (excludes halogenated alkanes) is 1. The van der Waals surface area contributed by atoms with Crippen molar-refractivity contribution in [3.05, 3.63) is 0 Å². The second kappa shape index (κ2) is 5.86. The Labute approximate surface area is 101 Å². The summed E-state index contributed by atoms with van der Waals surface area (Å²) in [5.74, 6) is -1.06. The summed E-state index contributed by atoms with van der Waals surface area (Å²) < 4.78 is 0. The first-order chi connectivity index (χ1) is 7.97. The lowest BCUT2D eigenvalue weighted by atomic mass is 10.2. The molecule has 0 spiro atoms. The Bertz CT molecular complexity index is 295. The van der Waals surface area contributed by atoms with Crippen LogP contribution >= 0.6 is 0 Å². The largest absolute Gasteiger partial charge is 0.480 e. The zero-order valence-electron chi connectivity index (χ0n) is 10.3. The first-order valence-corrected chi connectivity index (χ1v) is 5.90. The van der Waals surface area contributed by atoms with Crippen LogP contribution in [0.1, 0.15) is 26.2 Å². The molecule has 0 bridgehead atoms. The molecule has 0 aliphatic carbocycles. The lowest BCUT2D eigenvalue weighted by molar-refractivity contribution is -0.141. The molecule has 17 heavy (non-hydrogen) atoms.